The van der Waals surface area contributed by atoms with Crippen molar-refractivity contribution < 1.29 is 47.8 Å². The Kier molecular flexibility index (Phi) is 43.9. The molecule has 0 amide bonds. The molecular weight excluding hydrogens is 792 g/mol. The van der Waals surface area contributed by atoms with Crippen molar-refractivity contribution in [2.75, 3.05) is 26.4 Å². The molecule has 3 unspecified atom stereocenters. The third-order valence-electron chi connectivity index (χ3n) is 10.2. The summed E-state index contributed by atoms with van der Waals surface area (Å²) in [5, 5.41) is 19.2. The van der Waals surface area contributed by atoms with Crippen LogP contribution in [0.2, 0.25) is 0 Å². The van der Waals surface area contributed by atoms with Crippen LogP contribution in [0, 0.1) is 0 Å². The van der Waals surface area contributed by atoms with Crippen molar-refractivity contribution in [3.8, 4) is 0 Å². The van der Waals surface area contributed by atoms with Crippen LogP contribution in [-0.4, -0.2) is 65.7 Å². The number of hydrogen-bond donors (Lipinski definition) is 3. The van der Waals surface area contributed by atoms with Gasteiger partial charge < -0.3 is 24.6 Å². The fraction of sp³-hybridized carbons (Fsp3) is 0.760. The highest BCUT2D eigenvalue weighted by atomic mass is 31.2. The maximum absolute atomic E-state index is 12.4. The molecule has 10 nitrogen and oxygen atoms in total. The molecule has 0 saturated heterocycles. The molecule has 0 heterocycles. The lowest BCUT2D eigenvalue weighted by Gasteiger charge is -2.20. The van der Waals surface area contributed by atoms with Gasteiger partial charge in [-0.15, -0.1) is 0 Å². The molecule has 354 valence electrons. The lowest BCUT2D eigenvalue weighted by molar-refractivity contribution is -0.153. The summed E-state index contributed by atoms with van der Waals surface area (Å²) in [5.74, 6) is -1.03. The van der Waals surface area contributed by atoms with Gasteiger partial charge in [-0.25, -0.2) is 4.57 Å². The van der Waals surface area contributed by atoms with Crippen LogP contribution in [0.15, 0.2) is 60.8 Å². The summed E-state index contributed by atoms with van der Waals surface area (Å²) in [5.41, 5.74) is 0. The third-order valence-corrected chi connectivity index (χ3v) is 11.2. The maximum atomic E-state index is 12.4. The predicted octanol–water partition coefficient (Wildman–Crippen LogP) is 13.5. The van der Waals surface area contributed by atoms with Crippen LogP contribution in [0.25, 0.3) is 0 Å². The number of ether oxygens (including phenoxy) is 2. The highest BCUT2D eigenvalue weighted by Gasteiger charge is 2.27. The average Bonchev–Trinajstić information content (AvgIpc) is 3.25. The molecule has 11 heteroatoms. The molecule has 0 radical (unpaired) electrons. The molecule has 0 bridgehead atoms. The van der Waals surface area contributed by atoms with Gasteiger partial charge in [0.1, 0.15) is 12.2 Å². The Morgan fingerprint density at radius 2 is 0.770 bits per heavy atom. The Morgan fingerprint density at radius 3 is 1.13 bits per heavy atom. The van der Waals surface area contributed by atoms with Gasteiger partial charge in [-0.1, -0.05) is 177 Å². The normalized spacial score (nSPS) is 14.2. The van der Waals surface area contributed by atoms with Gasteiger partial charge in [0, 0.05) is 12.8 Å². The van der Waals surface area contributed by atoms with Crippen molar-refractivity contribution >= 4 is 19.8 Å². The minimum absolute atomic E-state index is 0.180. The number of aliphatic hydroxyl groups excluding tert-OH is 2. The highest BCUT2D eigenvalue weighted by molar-refractivity contribution is 7.47. The summed E-state index contributed by atoms with van der Waals surface area (Å²) in [6, 6.07) is 0. The van der Waals surface area contributed by atoms with Crippen molar-refractivity contribution in [1.82, 2.24) is 0 Å². The lowest BCUT2D eigenvalue weighted by Crippen LogP contribution is -2.28. The van der Waals surface area contributed by atoms with Crippen LogP contribution >= 0.6 is 7.82 Å². The van der Waals surface area contributed by atoms with E-state index in [1.807, 2.05) is 0 Å². The molecule has 0 aromatic rings. The average molecular weight is 881 g/mol. The lowest BCUT2D eigenvalue weighted by atomic mass is 10.1. The van der Waals surface area contributed by atoms with Crippen LogP contribution in [0.5, 0.6) is 0 Å². The molecule has 61 heavy (non-hydrogen) atoms. The summed E-state index contributed by atoms with van der Waals surface area (Å²) in [6.07, 6.45) is 51.9. The van der Waals surface area contributed by atoms with Crippen molar-refractivity contribution in [2.24, 2.45) is 0 Å². The topological polar surface area (TPSA) is 149 Å². The number of unbranched alkanes of at least 4 members (excludes halogenated alkanes) is 21. The zero-order chi connectivity index (χ0) is 44.8. The smallest absolute Gasteiger partial charge is 0.457 e. The van der Waals surface area contributed by atoms with Gasteiger partial charge in [0.05, 0.1) is 26.4 Å². The third kappa shape index (κ3) is 44.1. The number of carbonyl (C=O) groups excluding carboxylic acids is 2. The fourth-order valence-corrected chi connectivity index (χ4v) is 7.30. The van der Waals surface area contributed by atoms with Crippen LogP contribution in [0.4, 0.5) is 0 Å². The summed E-state index contributed by atoms with van der Waals surface area (Å²) in [4.78, 5) is 34.6. The van der Waals surface area contributed by atoms with Crippen LogP contribution in [-0.2, 0) is 32.7 Å². The summed E-state index contributed by atoms with van der Waals surface area (Å²) < 4.78 is 32.7. The van der Waals surface area contributed by atoms with Crippen LogP contribution in [0.3, 0.4) is 0 Å². The second kappa shape index (κ2) is 45.7. The second-order valence-electron chi connectivity index (χ2n) is 16.1. The molecule has 0 saturated carbocycles. The zero-order valence-electron chi connectivity index (χ0n) is 38.6. The monoisotopic (exact) mass is 881 g/mol. The summed E-state index contributed by atoms with van der Waals surface area (Å²) >= 11 is 0. The van der Waals surface area contributed by atoms with Crippen LogP contribution < -0.4 is 0 Å². The van der Waals surface area contributed by atoms with Crippen molar-refractivity contribution in [3.63, 3.8) is 0 Å². The number of esters is 2. The van der Waals surface area contributed by atoms with Crippen molar-refractivity contribution in [2.45, 2.75) is 219 Å². The Balaban J connectivity index is 3.89. The van der Waals surface area contributed by atoms with Gasteiger partial charge in [-0.05, 0) is 77.0 Å². The molecular formula is C50H89O10P. The molecule has 0 aliphatic carbocycles. The summed E-state index contributed by atoms with van der Waals surface area (Å²) in [6.45, 7) is 2.09. The first-order valence-corrected chi connectivity index (χ1v) is 25.7. The fourth-order valence-electron chi connectivity index (χ4n) is 6.51. The molecule has 0 aromatic carbocycles. The SMILES string of the molecule is CC/C=C\C/C=C\C/C=C\C/C=C\CCCCCCCCCCC(=O)OC(CO)COP(=O)(O)OCC(CO)OC(=O)CCCCCCCCC/C=C\CCCCCCCC. The Morgan fingerprint density at radius 1 is 0.459 bits per heavy atom. The molecule has 0 aliphatic heterocycles. The second-order valence-corrected chi connectivity index (χ2v) is 17.5. The zero-order valence-corrected chi connectivity index (χ0v) is 39.5. The first-order chi connectivity index (χ1) is 29.8. The summed E-state index contributed by atoms with van der Waals surface area (Å²) in [7, 11) is -4.65. The van der Waals surface area contributed by atoms with E-state index in [4.69, 9.17) is 18.5 Å². The quantitative estimate of drug-likeness (QED) is 0.0233. The predicted molar refractivity (Wildman–Crippen MR) is 251 cm³/mol. The van der Waals surface area contributed by atoms with E-state index in [-0.39, 0.29) is 12.8 Å². The number of rotatable bonds is 45. The van der Waals surface area contributed by atoms with Gasteiger partial charge in [0.25, 0.3) is 0 Å². The molecule has 3 atom stereocenters. The van der Waals surface area contributed by atoms with E-state index >= 15 is 0 Å². The number of phosphoric ester groups is 1. The molecule has 0 spiro atoms. The van der Waals surface area contributed by atoms with E-state index in [1.54, 1.807) is 0 Å². The number of allylic oxidation sites excluding steroid dienone is 10. The first kappa shape index (κ1) is 58.7. The van der Waals surface area contributed by atoms with E-state index in [9.17, 15) is 29.3 Å². The van der Waals surface area contributed by atoms with Gasteiger partial charge in [0.2, 0.25) is 0 Å². The minimum Gasteiger partial charge on any atom is -0.457 e. The molecule has 0 rings (SSSR count). The van der Waals surface area contributed by atoms with Gasteiger partial charge in [-0.2, -0.15) is 0 Å². The number of carbonyl (C=O) groups is 2. The van der Waals surface area contributed by atoms with E-state index in [1.165, 1.54) is 89.9 Å². The van der Waals surface area contributed by atoms with Gasteiger partial charge in [0.15, 0.2) is 0 Å². The van der Waals surface area contributed by atoms with E-state index in [0.29, 0.717) is 12.8 Å². The molecule has 0 aliphatic rings. The molecule has 3 N–H and O–H groups in total. The van der Waals surface area contributed by atoms with Crippen LogP contribution in [0.1, 0.15) is 206 Å². The number of hydrogen-bond acceptors (Lipinski definition) is 9. The minimum atomic E-state index is -4.65. The first-order valence-electron chi connectivity index (χ1n) is 24.2. The van der Waals surface area contributed by atoms with Gasteiger partial charge >= 0.3 is 19.8 Å². The van der Waals surface area contributed by atoms with E-state index in [0.717, 1.165) is 77.0 Å². The Bertz CT molecular complexity index is 1200. The molecule has 0 aromatic heterocycles. The maximum Gasteiger partial charge on any atom is 0.472 e. The van der Waals surface area contributed by atoms with E-state index in [2.05, 4.69) is 74.6 Å². The largest absolute Gasteiger partial charge is 0.472 e. The number of aliphatic hydroxyl groups is 2. The van der Waals surface area contributed by atoms with E-state index < -0.39 is 58.4 Å². The highest BCUT2D eigenvalue weighted by Crippen LogP contribution is 2.43. The molecule has 0 fully saturated rings. The van der Waals surface area contributed by atoms with Gasteiger partial charge in [-0.3, -0.25) is 18.6 Å². The van der Waals surface area contributed by atoms with Crippen molar-refractivity contribution in [3.05, 3.63) is 60.8 Å². The standard InChI is InChI=1S/C50H89O10P/c1-3-5-7-9-11-13-15-17-19-21-22-23-24-26-28-30-32-34-36-38-40-42-50(54)60-48(44-52)46-58-61(55,56)57-45-47(43-51)59-49(53)41-39-37-35-33-31-29-27-25-20-18-16-14-12-10-8-6-4-2/h5,7,11,13,17-20,22-23,47-48,51-52H,3-4,6,8-10,12,14-16,21,24-46H2,1-2H3,(H,55,56)/b7-5-,13-11-,19-17-,20-18-,23-22-. The van der Waals surface area contributed by atoms with Crippen molar-refractivity contribution in [1.29, 1.82) is 0 Å². The number of phosphoric acid groups is 1. The Labute approximate surface area is 372 Å². The Hall–Kier alpha value is -2.33.